The second-order valence-electron chi connectivity index (χ2n) is 16.4. The Hall–Kier alpha value is -3.78. The van der Waals surface area contributed by atoms with Gasteiger partial charge in [-0.1, -0.05) is 39.0 Å². The minimum atomic E-state index is -1.46. The first kappa shape index (κ1) is 52.6. The zero-order chi connectivity index (χ0) is 46.3. The Balaban J connectivity index is 2.05. The van der Waals surface area contributed by atoms with Crippen molar-refractivity contribution in [3.05, 3.63) is 24.3 Å². The highest BCUT2D eigenvalue weighted by Crippen LogP contribution is 2.39. The van der Waals surface area contributed by atoms with Crippen molar-refractivity contribution in [1.82, 2.24) is 5.32 Å². The average Bonchev–Trinajstić information content (AvgIpc) is 3.19. The summed E-state index contributed by atoms with van der Waals surface area (Å²) in [7, 11) is 2.96. The van der Waals surface area contributed by atoms with Crippen LogP contribution in [-0.4, -0.2) is 141 Å². The Labute approximate surface area is 364 Å². The third-order valence-electron chi connectivity index (χ3n) is 11.3. The van der Waals surface area contributed by atoms with Crippen LogP contribution in [0.15, 0.2) is 24.3 Å². The van der Waals surface area contributed by atoms with Gasteiger partial charge in [0.25, 0.3) is 0 Å². The molecule has 3 aliphatic rings. The molecule has 3 aliphatic heterocycles. The Bertz CT molecular complexity index is 1550. The molecule has 0 amide bonds. The largest absolute Gasteiger partial charge is 0.462 e. The number of aldehydes is 1. The number of rotatable bonds is 14. The summed E-state index contributed by atoms with van der Waals surface area (Å²) in [5, 5.41) is 15.1. The van der Waals surface area contributed by atoms with Crippen molar-refractivity contribution in [1.29, 1.82) is 0 Å². The molecule has 0 aromatic carbocycles. The predicted octanol–water partition coefficient (Wildman–Crippen LogP) is 3.57. The molecule has 2 saturated heterocycles. The molecule has 2 fully saturated rings. The monoisotopic (exact) mass is 883 g/mol. The van der Waals surface area contributed by atoms with Crippen LogP contribution in [0.1, 0.15) is 107 Å². The Morgan fingerprint density at radius 1 is 0.919 bits per heavy atom. The fourth-order valence-electron chi connectivity index (χ4n) is 8.33. The number of aliphatic hydroxyl groups is 1. The summed E-state index contributed by atoms with van der Waals surface area (Å²) in [6.07, 6.45) is -4.54. The van der Waals surface area contributed by atoms with Crippen molar-refractivity contribution >= 4 is 36.1 Å². The van der Waals surface area contributed by atoms with E-state index in [9.17, 15) is 33.9 Å². The van der Waals surface area contributed by atoms with E-state index < -0.39 is 133 Å². The SMILES string of the molecule is CCC(=O)O[C@@H]1CC(=O)O[C@H](C)C/C=C/C=C/[C@H](OC(C)=O)[C@H](C)C[C@H](CC=O)[C@H](O[C@@H]2O[C@@H](C)[C@@H](O[C@@H]3C[C@@](C)(OC(C)=O)[C@@H](OC(=O)CC)[C@H](C)O3)[C@H](NC)[C@@H]2O)[C@H]1OC. The second-order valence-corrected chi connectivity index (χ2v) is 16.4. The lowest BCUT2D eigenvalue weighted by molar-refractivity contribution is -0.338. The number of ether oxygens (including phenoxy) is 10. The molecule has 18 nitrogen and oxygen atoms in total. The maximum Gasteiger partial charge on any atom is 0.309 e. The number of hydrogen-bond donors (Lipinski definition) is 2. The second kappa shape index (κ2) is 24.9. The highest BCUT2D eigenvalue weighted by Gasteiger charge is 2.54. The molecule has 0 radical (unpaired) electrons. The molecular formula is C44H69NO17. The molecule has 0 bridgehead atoms. The lowest BCUT2D eigenvalue weighted by atomic mass is 9.82. The first-order valence-electron chi connectivity index (χ1n) is 21.5. The third kappa shape index (κ3) is 14.9. The summed E-state index contributed by atoms with van der Waals surface area (Å²) in [4.78, 5) is 75.6. The van der Waals surface area contributed by atoms with Gasteiger partial charge in [0.05, 0.1) is 30.8 Å². The quantitative estimate of drug-likeness (QED) is 0.144. The third-order valence-corrected chi connectivity index (χ3v) is 11.3. The van der Waals surface area contributed by atoms with Crippen molar-refractivity contribution in [2.75, 3.05) is 14.2 Å². The van der Waals surface area contributed by atoms with Gasteiger partial charge in [-0.3, -0.25) is 24.0 Å². The number of methoxy groups -OCH3 is 1. The van der Waals surface area contributed by atoms with Crippen molar-refractivity contribution in [2.45, 2.75) is 193 Å². The number of esters is 5. The van der Waals surface area contributed by atoms with E-state index in [0.717, 1.165) is 0 Å². The summed E-state index contributed by atoms with van der Waals surface area (Å²) in [6.45, 7) is 14.4. The lowest BCUT2D eigenvalue weighted by Crippen LogP contribution is -2.66. The van der Waals surface area contributed by atoms with Crippen LogP contribution in [0.25, 0.3) is 0 Å². The van der Waals surface area contributed by atoms with E-state index >= 15 is 0 Å². The van der Waals surface area contributed by atoms with Crippen LogP contribution in [0.5, 0.6) is 0 Å². The number of aliphatic hydroxyl groups excluding tert-OH is 1. The summed E-state index contributed by atoms with van der Waals surface area (Å²) in [6, 6.07) is -0.884. The van der Waals surface area contributed by atoms with E-state index in [1.807, 2.05) is 6.92 Å². The maximum atomic E-state index is 13.4. The van der Waals surface area contributed by atoms with E-state index in [-0.39, 0.29) is 32.1 Å². The van der Waals surface area contributed by atoms with E-state index in [1.165, 1.54) is 21.0 Å². The minimum Gasteiger partial charge on any atom is -0.462 e. The number of allylic oxidation sites excluding steroid dienone is 2. The summed E-state index contributed by atoms with van der Waals surface area (Å²) in [5.74, 6) is -4.07. The molecule has 3 heterocycles. The normalized spacial score (nSPS) is 38.4. The van der Waals surface area contributed by atoms with Gasteiger partial charge in [0.15, 0.2) is 24.3 Å². The van der Waals surface area contributed by atoms with Gasteiger partial charge in [-0.25, -0.2) is 0 Å². The fourth-order valence-corrected chi connectivity index (χ4v) is 8.33. The van der Waals surface area contributed by atoms with Crippen LogP contribution >= 0.6 is 0 Å². The Morgan fingerprint density at radius 3 is 2.19 bits per heavy atom. The van der Waals surface area contributed by atoms with E-state index in [2.05, 4.69) is 5.32 Å². The predicted molar refractivity (Wildman–Crippen MR) is 220 cm³/mol. The van der Waals surface area contributed by atoms with Crippen LogP contribution in [0.4, 0.5) is 0 Å². The molecule has 2 N–H and O–H groups in total. The van der Waals surface area contributed by atoms with Crippen LogP contribution in [0.3, 0.4) is 0 Å². The van der Waals surface area contributed by atoms with Crippen molar-refractivity contribution in [2.24, 2.45) is 11.8 Å². The first-order valence-corrected chi connectivity index (χ1v) is 21.5. The number of nitrogens with one attached hydrogen (secondary N) is 1. The number of hydrogen-bond acceptors (Lipinski definition) is 18. The number of cyclic esters (lactones) is 1. The molecule has 0 saturated carbocycles. The smallest absolute Gasteiger partial charge is 0.309 e. The number of likely N-dealkylation sites (N-methyl/N-ethyl adjacent to an activating group) is 1. The zero-order valence-corrected chi connectivity index (χ0v) is 38.0. The molecule has 352 valence electrons. The van der Waals surface area contributed by atoms with Crippen molar-refractivity contribution in [3.8, 4) is 0 Å². The Morgan fingerprint density at radius 2 is 1.60 bits per heavy atom. The van der Waals surface area contributed by atoms with Crippen molar-refractivity contribution < 1.29 is 81.2 Å². The van der Waals surface area contributed by atoms with E-state index in [0.29, 0.717) is 12.7 Å². The highest BCUT2D eigenvalue weighted by molar-refractivity contribution is 5.73. The lowest BCUT2D eigenvalue weighted by Gasteiger charge is -2.49. The summed E-state index contributed by atoms with van der Waals surface area (Å²) in [5.41, 5.74) is -1.33. The molecule has 16 atom stereocenters. The molecule has 0 aliphatic carbocycles. The van der Waals surface area contributed by atoms with E-state index in [1.54, 1.807) is 72.9 Å². The van der Waals surface area contributed by atoms with Gasteiger partial charge < -0.3 is 62.6 Å². The molecule has 0 aromatic rings. The number of carbonyl (C=O) groups excluding carboxylic acids is 6. The van der Waals surface area contributed by atoms with Crippen LogP contribution in [0, 0.1) is 11.8 Å². The van der Waals surface area contributed by atoms with Gasteiger partial charge in [-0.05, 0) is 59.1 Å². The molecule has 0 aromatic heterocycles. The van der Waals surface area contributed by atoms with Gasteiger partial charge in [0, 0.05) is 53.1 Å². The summed E-state index contributed by atoms with van der Waals surface area (Å²) < 4.78 is 60.3. The molecule has 0 unspecified atom stereocenters. The van der Waals surface area contributed by atoms with Crippen LogP contribution < -0.4 is 5.32 Å². The van der Waals surface area contributed by atoms with Gasteiger partial charge in [0.1, 0.15) is 42.9 Å². The Kier molecular flexibility index (Phi) is 21.1. The van der Waals surface area contributed by atoms with Gasteiger partial charge in [-0.15, -0.1) is 0 Å². The molecular weight excluding hydrogens is 814 g/mol. The molecule has 0 spiro atoms. The first-order chi connectivity index (χ1) is 29.3. The minimum absolute atomic E-state index is 0.0266. The fraction of sp³-hybridized carbons (Fsp3) is 0.773. The van der Waals surface area contributed by atoms with E-state index in [4.69, 9.17) is 47.4 Å². The average molecular weight is 884 g/mol. The standard InChI is InChI=1S/C44H69NO17/c1-12-33(49)58-32-22-35(51)54-25(4)17-15-14-16-18-31(57-28(7)47)24(3)21-30(19-20-46)40(41(32)53-11)61-43-38(52)37(45-10)39(26(5)56-43)60-36-23-44(9,62-29(8)48)42(27(6)55-36)59-34(50)13-2/h14-16,18,20,24-27,30-32,36-43,45,52H,12-13,17,19,21-23H2,1-11H3/b15-14+,18-16+/t24-,25-,26+,27+,30+,31+,32-,36-,37-,38+,39-,40+,41+,42+,43+,44-/m1/s1. The van der Waals surface area contributed by atoms with Gasteiger partial charge >= 0.3 is 29.8 Å². The molecule has 18 heteroatoms. The van der Waals surface area contributed by atoms with Gasteiger partial charge in [0.2, 0.25) is 0 Å². The topological polar surface area (TPSA) is 227 Å². The van der Waals surface area contributed by atoms with Gasteiger partial charge in [-0.2, -0.15) is 0 Å². The zero-order valence-electron chi connectivity index (χ0n) is 38.0. The summed E-state index contributed by atoms with van der Waals surface area (Å²) >= 11 is 0. The molecule has 62 heavy (non-hydrogen) atoms. The van der Waals surface area contributed by atoms with Crippen molar-refractivity contribution in [3.63, 3.8) is 0 Å². The maximum absolute atomic E-state index is 13.4. The number of carbonyl (C=O) groups is 6. The van der Waals surface area contributed by atoms with Crippen LogP contribution in [0.2, 0.25) is 0 Å². The van der Waals surface area contributed by atoms with Crippen LogP contribution in [-0.2, 0) is 76.1 Å². The molecule has 3 rings (SSSR count). The highest BCUT2D eigenvalue weighted by atomic mass is 16.7.